The summed E-state index contributed by atoms with van der Waals surface area (Å²) < 4.78 is 5.61. The van der Waals surface area contributed by atoms with Crippen LogP contribution >= 0.6 is 23.1 Å². The second-order valence-electron chi connectivity index (χ2n) is 3.93. The molecule has 18 heavy (non-hydrogen) atoms. The van der Waals surface area contributed by atoms with E-state index >= 15 is 0 Å². The predicted octanol–water partition coefficient (Wildman–Crippen LogP) is 2.44. The van der Waals surface area contributed by atoms with Crippen molar-refractivity contribution >= 4 is 23.1 Å². The molecule has 0 aromatic carbocycles. The van der Waals surface area contributed by atoms with E-state index in [0.29, 0.717) is 17.3 Å². The van der Waals surface area contributed by atoms with Crippen LogP contribution in [0.1, 0.15) is 42.6 Å². The van der Waals surface area contributed by atoms with Gasteiger partial charge in [0.15, 0.2) is 0 Å². The van der Waals surface area contributed by atoms with Gasteiger partial charge >= 0.3 is 0 Å². The number of aryl methyl sites for hydroxylation is 2. The summed E-state index contributed by atoms with van der Waals surface area (Å²) in [5.41, 5.74) is 1.46. The standard InChI is InChI=1S/C11H15ClN4OS/c1-3-5-8-11(18-15-14-8)10(17)9-7(12)6-13-16(9)4-2/h6,10,17H,3-5H2,1-2H3. The van der Waals surface area contributed by atoms with Gasteiger partial charge in [-0.05, 0) is 24.9 Å². The van der Waals surface area contributed by atoms with Gasteiger partial charge in [0, 0.05) is 6.54 Å². The summed E-state index contributed by atoms with van der Waals surface area (Å²) in [4.78, 5) is 0.758. The number of hydrogen-bond donors (Lipinski definition) is 1. The van der Waals surface area contributed by atoms with Gasteiger partial charge in [-0.1, -0.05) is 29.4 Å². The van der Waals surface area contributed by atoms with E-state index in [-0.39, 0.29) is 0 Å². The molecule has 7 heteroatoms. The molecule has 2 aromatic heterocycles. The average Bonchev–Trinajstić information content (AvgIpc) is 2.95. The molecule has 1 unspecified atom stereocenters. The zero-order valence-corrected chi connectivity index (χ0v) is 11.9. The van der Waals surface area contributed by atoms with Gasteiger partial charge in [-0.2, -0.15) is 5.10 Å². The molecule has 0 saturated heterocycles. The third kappa shape index (κ3) is 2.41. The SMILES string of the molecule is CCCc1nnsc1C(O)c1c(Cl)cnn1CC. The van der Waals surface area contributed by atoms with E-state index in [1.54, 1.807) is 10.9 Å². The van der Waals surface area contributed by atoms with Crippen molar-refractivity contribution in [2.75, 3.05) is 0 Å². The molecule has 0 radical (unpaired) electrons. The van der Waals surface area contributed by atoms with Crippen LogP contribution in [0.25, 0.3) is 0 Å². The lowest BCUT2D eigenvalue weighted by Gasteiger charge is -2.12. The van der Waals surface area contributed by atoms with Crippen molar-refractivity contribution in [3.05, 3.63) is 27.5 Å². The highest BCUT2D eigenvalue weighted by atomic mass is 35.5. The van der Waals surface area contributed by atoms with E-state index < -0.39 is 6.10 Å². The normalized spacial score (nSPS) is 12.9. The third-order valence-electron chi connectivity index (χ3n) is 2.71. The molecule has 0 aliphatic heterocycles. The smallest absolute Gasteiger partial charge is 0.135 e. The number of hydrogen-bond acceptors (Lipinski definition) is 5. The van der Waals surface area contributed by atoms with Crippen LogP contribution in [0.4, 0.5) is 0 Å². The van der Waals surface area contributed by atoms with E-state index in [4.69, 9.17) is 11.6 Å². The second-order valence-corrected chi connectivity index (χ2v) is 5.12. The quantitative estimate of drug-likeness (QED) is 0.917. The van der Waals surface area contributed by atoms with Gasteiger partial charge in [0.1, 0.15) is 6.10 Å². The maximum absolute atomic E-state index is 10.5. The lowest BCUT2D eigenvalue weighted by atomic mass is 10.1. The summed E-state index contributed by atoms with van der Waals surface area (Å²) in [6.07, 6.45) is 2.52. The van der Waals surface area contributed by atoms with Crippen molar-refractivity contribution in [3.63, 3.8) is 0 Å². The van der Waals surface area contributed by atoms with Gasteiger partial charge in [-0.25, -0.2) is 0 Å². The summed E-state index contributed by atoms with van der Waals surface area (Å²) in [5.74, 6) is 0. The van der Waals surface area contributed by atoms with Crippen LogP contribution in [0.15, 0.2) is 6.20 Å². The summed E-state index contributed by atoms with van der Waals surface area (Å²) in [6, 6.07) is 0. The maximum atomic E-state index is 10.5. The minimum atomic E-state index is -0.804. The van der Waals surface area contributed by atoms with Crippen LogP contribution in [0.3, 0.4) is 0 Å². The summed E-state index contributed by atoms with van der Waals surface area (Å²) in [5, 5.41) is 19.1. The number of halogens is 1. The molecule has 2 heterocycles. The van der Waals surface area contributed by atoms with E-state index in [0.717, 1.165) is 23.4 Å². The Bertz CT molecular complexity index is 525. The minimum absolute atomic E-state index is 0.472. The van der Waals surface area contributed by atoms with Gasteiger partial charge in [0.05, 0.1) is 27.5 Å². The molecule has 0 amide bonds. The highest BCUT2D eigenvalue weighted by molar-refractivity contribution is 7.05. The van der Waals surface area contributed by atoms with Crippen LogP contribution in [0.2, 0.25) is 5.02 Å². The van der Waals surface area contributed by atoms with Crippen molar-refractivity contribution < 1.29 is 5.11 Å². The molecule has 0 aliphatic carbocycles. The van der Waals surface area contributed by atoms with Crippen LogP contribution < -0.4 is 0 Å². The lowest BCUT2D eigenvalue weighted by Crippen LogP contribution is -2.10. The van der Waals surface area contributed by atoms with E-state index in [1.807, 2.05) is 6.92 Å². The zero-order chi connectivity index (χ0) is 13.1. The van der Waals surface area contributed by atoms with Crippen LogP contribution in [-0.2, 0) is 13.0 Å². The average molecular weight is 287 g/mol. The molecule has 98 valence electrons. The Morgan fingerprint density at radius 3 is 2.94 bits per heavy atom. The maximum Gasteiger partial charge on any atom is 0.135 e. The number of rotatable bonds is 5. The van der Waals surface area contributed by atoms with Gasteiger partial charge in [-0.3, -0.25) is 4.68 Å². The minimum Gasteiger partial charge on any atom is -0.381 e. The Morgan fingerprint density at radius 2 is 2.28 bits per heavy atom. The van der Waals surface area contributed by atoms with Gasteiger partial charge in [0.25, 0.3) is 0 Å². The number of aliphatic hydroxyl groups is 1. The molecule has 1 N–H and O–H groups in total. The van der Waals surface area contributed by atoms with Crippen molar-refractivity contribution in [1.29, 1.82) is 0 Å². The highest BCUT2D eigenvalue weighted by Crippen LogP contribution is 2.31. The zero-order valence-electron chi connectivity index (χ0n) is 10.3. The third-order valence-corrected chi connectivity index (χ3v) is 3.82. The predicted molar refractivity (Wildman–Crippen MR) is 70.9 cm³/mol. The molecule has 0 saturated carbocycles. The van der Waals surface area contributed by atoms with Crippen LogP contribution in [-0.4, -0.2) is 24.5 Å². The molecule has 0 aliphatic rings. The first-order valence-electron chi connectivity index (χ1n) is 5.89. The Balaban J connectivity index is 2.38. The molecular weight excluding hydrogens is 272 g/mol. The molecule has 1 atom stereocenters. The molecular formula is C11H15ClN4OS. The number of nitrogens with zero attached hydrogens (tertiary/aromatic N) is 4. The molecule has 5 nitrogen and oxygen atoms in total. The monoisotopic (exact) mass is 286 g/mol. The molecule has 0 bridgehead atoms. The summed E-state index contributed by atoms with van der Waals surface area (Å²) >= 11 is 7.30. The van der Waals surface area contributed by atoms with Crippen LogP contribution in [0.5, 0.6) is 0 Å². The molecule has 0 fully saturated rings. The van der Waals surface area contributed by atoms with Crippen LogP contribution in [0, 0.1) is 0 Å². The van der Waals surface area contributed by atoms with Crippen molar-refractivity contribution in [2.24, 2.45) is 0 Å². The number of aliphatic hydroxyl groups excluding tert-OH is 1. The Labute approximate surface area is 115 Å². The molecule has 2 rings (SSSR count). The first-order chi connectivity index (χ1) is 8.69. The molecule has 0 spiro atoms. The fraction of sp³-hybridized carbons (Fsp3) is 0.545. The highest BCUT2D eigenvalue weighted by Gasteiger charge is 2.24. The van der Waals surface area contributed by atoms with Gasteiger partial charge in [-0.15, -0.1) is 5.10 Å². The Morgan fingerprint density at radius 1 is 1.50 bits per heavy atom. The fourth-order valence-corrected chi connectivity index (χ4v) is 2.78. The fourth-order valence-electron chi connectivity index (χ4n) is 1.85. The Hall–Kier alpha value is -0.980. The van der Waals surface area contributed by atoms with E-state index in [9.17, 15) is 5.11 Å². The van der Waals surface area contributed by atoms with Gasteiger partial charge < -0.3 is 5.11 Å². The Kier molecular flexibility index (Phi) is 4.31. The lowest BCUT2D eigenvalue weighted by molar-refractivity contribution is 0.210. The van der Waals surface area contributed by atoms with Crippen molar-refractivity contribution in [3.8, 4) is 0 Å². The topological polar surface area (TPSA) is 63.8 Å². The second kappa shape index (κ2) is 5.77. The number of aromatic nitrogens is 4. The van der Waals surface area contributed by atoms with Gasteiger partial charge in [0.2, 0.25) is 0 Å². The van der Waals surface area contributed by atoms with Crippen molar-refractivity contribution in [1.82, 2.24) is 19.4 Å². The largest absolute Gasteiger partial charge is 0.381 e. The van der Waals surface area contributed by atoms with E-state index in [1.165, 1.54) is 11.5 Å². The first-order valence-corrected chi connectivity index (χ1v) is 7.04. The summed E-state index contributed by atoms with van der Waals surface area (Å²) in [6.45, 7) is 4.69. The van der Waals surface area contributed by atoms with E-state index in [2.05, 4.69) is 21.6 Å². The molecule has 2 aromatic rings. The summed E-state index contributed by atoms with van der Waals surface area (Å²) in [7, 11) is 0. The van der Waals surface area contributed by atoms with Crippen molar-refractivity contribution in [2.45, 2.75) is 39.3 Å². The first kappa shape index (κ1) is 13.5.